The molecule has 1 saturated heterocycles. The van der Waals surface area contributed by atoms with E-state index in [1.54, 1.807) is 6.33 Å². The molecule has 1 N–H and O–H groups in total. The van der Waals surface area contributed by atoms with E-state index in [4.69, 9.17) is 4.74 Å². The van der Waals surface area contributed by atoms with Gasteiger partial charge in [-0.2, -0.15) is 0 Å². The molecular weight excluding hydrogens is 290 g/mol. The molecule has 3 rings (SSSR count). The summed E-state index contributed by atoms with van der Waals surface area (Å²) in [5.41, 5.74) is 1.09. The molecule has 23 heavy (non-hydrogen) atoms. The normalized spacial score (nSPS) is 17.7. The van der Waals surface area contributed by atoms with Gasteiger partial charge in [0, 0.05) is 44.6 Å². The van der Waals surface area contributed by atoms with Crippen molar-refractivity contribution in [2.45, 2.75) is 25.3 Å². The summed E-state index contributed by atoms with van der Waals surface area (Å²) in [5, 5.41) is 3.43. The third-order valence-electron chi connectivity index (χ3n) is 3.99. The third kappa shape index (κ3) is 4.63. The monoisotopic (exact) mass is 313 g/mol. The first-order valence-electron chi connectivity index (χ1n) is 8.08. The van der Waals surface area contributed by atoms with Gasteiger partial charge in [0.15, 0.2) is 0 Å². The number of pyridine rings is 1. The van der Waals surface area contributed by atoms with Crippen molar-refractivity contribution in [3.8, 4) is 0 Å². The number of hydrogen-bond donors (Lipinski definition) is 1. The van der Waals surface area contributed by atoms with Gasteiger partial charge in [-0.3, -0.25) is 4.98 Å². The molecule has 0 radical (unpaired) electrons. The first-order valence-corrected chi connectivity index (χ1v) is 8.08. The largest absolute Gasteiger partial charge is 0.379 e. The first kappa shape index (κ1) is 15.7. The summed E-state index contributed by atoms with van der Waals surface area (Å²) in [5.74, 6) is 1.77. The predicted molar refractivity (Wildman–Crippen MR) is 90.7 cm³/mol. The summed E-state index contributed by atoms with van der Waals surface area (Å²) < 4.78 is 5.50. The molecule has 0 aliphatic carbocycles. The fourth-order valence-electron chi connectivity index (χ4n) is 2.64. The molecule has 0 saturated carbocycles. The van der Waals surface area contributed by atoms with Crippen LogP contribution in [-0.2, 0) is 11.2 Å². The summed E-state index contributed by atoms with van der Waals surface area (Å²) in [6.07, 6.45) is 6.54. The van der Waals surface area contributed by atoms with Crippen LogP contribution in [-0.4, -0.2) is 47.8 Å². The molecule has 1 aliphatic rings. The first-order chi connectivity index (χ1) is 11.3. The van der Waals surface area contributed by atoms with E-state index in [1.165, 1.54) is 0 Å². The quantitative estimate of drug-likeness (QED) is 0.881. The Kier molecular flexibility index (Phi) is 5.37. The highest BCUT2D eigenvalue weighted by molar-refractivity contribution is 5.48. The van der Waals surface area contributed by atoms with Crippen LogP contribution >= 0.6 is 0 Å². The van der Waals surface area contributed by atoms with E-state index in [9.17, 15) is 0 Å². The topological polar surface area (TPSA) is 63.2 Å². The number of aromatic nitrogens is 3. The molecule has 2 aromatic rings. The van der Waals surface area contributed by atoms with Crippen LogP contribution in [0.5, 0.6) is 0 Å². The van der Waals surface area contributed by atoms with Gasteiger partial charge in [-0.1, -0.05) is 6.07 Å². The zero-order valence-electron chi connectivity index (χ0n) is 13.5. The van der Waals surface area contributed by atoms with Crippen LogP contribution in [0.4, 0.5) is 11.6 Å². The van der Waals surface area contributed by atoms with Crippen molar-refractivity contribution in [1.29, 1.82) is 0 Å². The number of nitrogens with zero attached hydrogens (tertiary/aromatic N) is 4. The maximum atomic E-state index is 5.50. The van der Waals surface area contributed by atoms with Crippen molar-refractivity contribution in [3.63, 3.8) is 0 Å². The van der Waals surface area contributed by atoms with Crippen LogP contribution in [0.25, 0.3) is 0 Å². The lowest BCUT2D eigenvalue weighted by molar-refractivity contribution is 0.0875. The van der Waals surface area contributed by atoms with Crippen molar-refractivity contribution in [1.82, 2.24) is 15.0 Å². The van der Waals surface area contributed by atoms with Gasteiger partial charge < -0.3 is 15.0 Å². The standard InChI is InChI=1S/C17H23N5O/c1-22(9-7-14-5-2-3-8-18-14)17-11-16(19-13-20-17)21-15-6-4-10-23-12-15/h2-3,5,8,11,13,15H,4,6-7,9-10,12H2,1H3,(H,19,20,21)/t15-/m0/s1. The molecule has 6 heteroatoms. The summed E-state index contributed by atoms with van der Waals surface area (Å²) in [7, 11) is 2.04. The van der Waals surface area contributed by atoms with Gasteiger partial charge in [0.2, 0.25) is 0 Å². The van der Waals surface area contributed by atoms with Gasteiger partial charge in [0.05, 0.1) is 12.6 Å². The van der Waals surface area contributed by atoms with E-state index in [0.717, 1.165) is 56.4 Å². The van der Waals surface area contributed by atoms with Crippen molar-refractivity contribution < 1.29 is 4.74 Å². The van der Waals surface area contributed by atoms with Crippen molar-refractivity contribution in [2.75, 3.05) is 37.0 Å². The number of anilines is 2. The highest BCUT2D eigenvalue weighted by atomic mass is 16.5. The second-order valence-electron chi connectivity index (χ2n) is 5.81. The van der Waals surface area contributed by atoms with Crippen LogP contribution in [0, 0.1) is 0 Å². The maximum absolute atomic E-state index is 5.50. The molecule has 2 aromatic heterocycles. The summed E-state index contributed by atoms with van der Waals surface area (Å²) in [6, 6.07) is 8.33. The highest BCUT2D eigenvalue weighted by Gasteiger charge is 2.14. The molecule has 1 atom stereocenters. The molecule has 0 unspecified atom stereocenters. The van der Waals surface area contributed by atoms with Crippen molar-refractivity contribution >= 4 is 11.6 Å². The van der Waals surface area contributed by atoms with Crippen LogP contribution in [0.1, 0.15) is 18.5 Å². The van der Waals surface area contributed by atoms with Gasteiger partial charge in [-0.25, -0.2) is 9.97 Å². The SMILES string of the molecule is CN(CCc1ccccn1)c1cc(N[C@H]2CCCOC2)ncn1. The lowest BCUT2D eigenvalue weighted by atomic mass is 10.1. The Hall–Kier alpha value is -2.21. The molecule has 6 nitrogen and oxygen atoms in total. The summed E-state index contributed by atoms with van der Waals surface area (Å²) >= 11 is 0. The van der Waals surface area contributed by atoms with Gasteiger partial charge in [-0.05, 0) is 25.0 Å². The molecule has 0 spiro atoms. The van der Waals surface area contributed by atoms with Gasteiger partial charge in [0.25, 0.3) is 0 Å². The maximum Gasteiger partial charge on any atom is 0.133 e. The molecule has 3 heterocycles. The molecule has 0 aromatic carbocycles. The number of hydrogen-bond acceptors (Lipinski definition) is 6. The van der Waals surface area contributed by atoms with Crippen LogP contribution < -0.4 is 10.2 Å². The van der Waals surface area contributed by atoms with Crippen LogP contribution in [0.2, 0.25) is 0 Å². The van der Waals surface area contributed by atoms with Crippen LogP contribution in [0.15, 0.2) is 36.8 Å². The average Bonchev–Trinajstić information content (AvgIpc) is 2.62. The minimum absolute atomic E-state index is 0.338. The van der Waals surface area contributed by atoms with E-state index in [2.05, 4.69) is 25.2 Å². The minimum Gasteiger partial charge on any atom is -0.379 e. The Labute approximate surface area is 136 Å². The number of ether oxygens (including phenoxy) is 1. The Morgan fingerprint density at radius 3 is 3.04 bits per heavy atom. The van der Waals surface area contributed by atoms with E-state index in [0.29, 0.717) is 6.04 Å². The second-order valence-corrected chi connectivity index (χ2v) is 5.81. The Balaban J connectivity index is 1.57. The molecule has 1 fully saturated rings. The summed E-state index contributed by atoms with van der Waals surface area (Å²) in [4.78, 5) is 15.2. The minimum atomic E-state index is 0.338. The van der Waals surface area contributed by atoms with Crippen molar-refractivity contribution in [3.05, 3.63) is 42.5 Å². The van der Waals surface area contributed by atoms with Gasteiger partial charge in [0.1, 0.15) is 18.0 Å². The molecule has 1 aliphatic heterocycles. The molecule has 0 bridgehead atoms. The van der Waals surface area contributed by atoms with E-state index in [1.807, 2.05) is 37.5 Å². The number of nitrogens with one attached hydrogen (secondary N) is 1. The lowest BCUT2D eigenvalue weighted by Crippen LogP contribution is -2.30. The zero-order chi connectivity index (χ0) is 15.9. The molecule has 0 amide bonds. The van der Waals surface area contributed by atoms with Crippen LogP contribution in [0.3, 0.4) is 0 Å². The number of rotatable bonds is 6. The predicted octanol–water partition coefficient (Wildman–Crippen LogP) is 2.14. The summed E-state index contributed by atoms with van der Waals surface area (Å²) in [6.45, 7) is 2.47. The average molecular weight is 313 g/mol. The van der Waals surface area contributed by atoms with E-state index >= 15 is 0 Å². The smallest absolute Gasteiger partial charge is 0.133 e. The number of likely N-dealkylation sites (N-methyl/N-ethyl adjacent to an activating group) is 1. The fraction of sp³-hybridized carbons (Fsp3) is 0.471. The Morgan fingerprint density at radius 2 is 2.26 bits per heavy atom. The second kappa shape index (κ2) is 7.87. The third-order valence-corrected chi connectivity index (χ3v) is 3.99. The Morgan fingerprint density at radius 1 is 1.30 bits per heavy atom. The Bertz CT molecular complexity index is 601. The van der Waals surface area contributed by atoms with Crippen molar-refractivity contribution in [2.24, 2.45) is 0 Å². The highest BCUT2D eigenvalue weighted by Crippen LogP contribution is 2.16. The van der Waals surface area contributed by atoms with E-state index < -0.39 is 0 Å². The van der Waals surface area contributed by atoms with Gasteiger partial charge in [-0.15, -0.1) is 0 Å². The molecular formula is C17H23N5O. The fourth-order valence-corrected chi connectivity index (χ4v) is 2.64. The lowest BCUT2D eigenvalue weighted by Gasteiger charge is -2.24. The van der Waals surface area contributed by atoms with E-state index in [-0.39, 0.29) is 0 Å². The zero-order valence-corrected chi connectivity index (χ0v) is 13.5. The molecule has 122 valence electrons. The van der Waals surface area contributed by atoms with Gasteiger partial charge >= 0.3 is 0 Å².